The number of H-pyrrole nitrogens is 1. The molecule has 1 aliphatic rings. The number of hydrogen-bond donors (Lipinski definition) is 4. The second kappa shape index (κ2) is 10.2. The fourth-order valence-electron chi connectivity index (χ4n) is 2.40. The Balaban J connectivity index is 1.99. The fourth-order valence-corrected chi connectivity index (χ4v) is 2.40. The molecule has 0 aromatic carbocycles. The number of nitrogens with zero attached hydrogens (tertiary/aromatic N) is 1. The number of aliphatic hydroxyl groups is 2. The van der Waals surface area contributed by atoms with Crippen molar-refractivity contribution in [3.63, 3.8) is 0 Å². The van der Waals surface area contributed by atoms with E-state index < -0.39 is 29.7 Å². The topological polar surface area (TPSA) is 149 Å². The zero-order chi connectivity index (χ0) is 18.9. The van der Waals surface area contributed by atoms with Crippen molar-refractivity contribution in [2.75, 3.05) is 39.6 Å². The van der Waals surface area contributed by atoms with Crippen molar-refractivity contribution in [3.05, 3.63) is 32.6 Å². The van der Waals surface area contributed by atoms with E-state index in [1.807, 2.05) is 0 Å². The molecule has 2 heterocycles. The predicted molar refractivity (Wildman–Crippen MR) is 90.5 cm³/mol. The summed E-state index contributed by atoms with van der Waals surface area (Å²) in [4.78, 5) is 26.0. The predicted octanol–water partition coefficient (Wildman–Crippen LogP) is -2.48. The highest BCUT2D eigenvalue weighted by Gasteiger charge is 2.35. The van der Waals surface area contributed by atoms with Crippen molar-refractivity contribution in [1.82, 2.24) is 9.55 Å². The Bertz CT molecular complexity index is 749. The summed E-state index contributed by atoms with van der Waals surface area (Å²) in [6.45, 7) is 1.38. The summed E-state index contributed by atoms with van der Waals surface area (Å²) < 4.78 is 16.9. The molecule has 1 aromatic heterocycles. The number of nitrogens with two attached hydrogens (primary N) is 1. The van der Waals surface area contributed by atoms with Crippen LogP contribution >= 0.6 is 0 Å². The highest BCUT2D eigenvalue weighted by Crippen LogP contribution is 2.27. The highest BCUT2D eigenvalue weighted by molar-refractivity contribution is 5.29. The number of ether oxygens (including phenoxy) is 3. The van der Waals surface area contributed by atoms with Crippen LogP contribution in [-0.4, -0.2) is 71.6 Å². The van der Waals surface area contributed by atoms with E-state index in [2.05, 4.69) is 16.8 Å². The van der Waals surface area contributed by atoms with Crippen molar-refractivity contribution in [3.8, 4) is 11.8 Å². The molecule has 1 aromatic rings. The van der Waals surface area contributed by atoms with Crippen molar-refractivity contribution in [2.24, 2.45) is 5.73 Å². The standard InChI is InChI=1S/C16H23N3O7/c17-3-5-25-7-6-24-4-1-2-11-9-19(16(23)18-15(11)22)14-8-12(21)13(10-20)26-14/h9,12-14,20-21H,3-8,10,17H2,(H,18,22,23)/t12?,13-,14-/m1/s1. The Kier molecular flexibility index (Phi) is 7.99. The summed E-state index contributed by atoms with van der Waals surface area (Å²) in [5.74, 6) is 5.32. The minimum atomic E-state index is -0.895. The van der Waals surface area contributed by atoms with Crippen LogP contribution in [0.25, 0.3) is 0 Å². The first-order valence-electron chi connectivity index (χ1n) is 8.21. The lowest BCUT2D eigenvalue weighted by Gasteiger charge is -2.14. The SMILES string of the molecule is NCCOCCOCC#Cc1cn([C@H]2CC(O)[C@@H](CO)O2)c(=O)[nH]c1=O. The van der Waals surface area contributed by atoms with E-state index in [-0.39, 0.29) is 25.2 Å². The summed E-state index contributed by atoms with van der Waals surface area (Å²) in [5, 5.41) is 18.9. The lowest BCUT2D eigenvalue weighted by molar-refractivity contribution is -0.0459. The molecule has 144 valence electrons. The van der Waals surface area contributed by atoms with Gasteiger partial charge in [0.2, 0.25) is 0 Å². The van der Waals surface area contributed by atoms with Gasteiger partial charge in [-0.3, -0.25) is 14.3 Å². The molecule has 2 rings (SSSR count). The Morgan fingerprint density at radius 3 is 2.81 bits per heavy atom. The van der Waals surface area contributed by atoms with E-state index >= 15 is 0 Å². The van der Waals surface area contributed by atoms with Crippen molar-refractivity contribution in [1.29, 1.82) is 0 Å². The smallest absolute Gasteiger partial charge is 0.330 e. The first-order valence-corrected chi connectivity index (χ1v) is 8.21. The van der Waals surface area contributed by atoms with Gasteiger partial charge < -0.3 is 30.2 Å². The molecule has 1 fully saturated rings. The molecule has 1 unspecified atom stereocenters. The molecular formula is C16H23N3O7. The third kappa shape index (κ3) is 5.50. The molecule has 10 heteroatoms. The molecule has 0 bridgehead atoms. The van der Waals surface area contributed by atoms with Gasteiger partial charge in [0.1, 0.15) is 24.5 Å². The van der Waals surface area contributed by atoms with Gasteiger partial charge in [-0.1, -0.05) is 11.8 Å². The number of aromatic nitrogens is 2. The van der Waals surface area contributed by atoms with Gasteiger partial charge in [-0.25, -0.2) is 4.79 Å². The van der Waals surface area contributed by atoms with Crippen LogP contribution < -0.4 is 17.0 Å². The second-order valence-corrected chi connectivity index (χ2v) is 5.58. The first-order chi connectivity index (χ1) is 12.6. The normalized spacial score (nSPS) is 22.2. The molecule has 0 saturated carbocycles. The van der Waals surface area contributed by atoms with Crippen LogP contribution in [0, 0.1) is 11.8 Å². The molecule has 0 spiro atoms. The van der Waals surface area contributed by atoms with Crippen LogP contribution in [0.2, 0.25) is 0 Å². The van der Waals surface area contributed by atoms with E-state index in [1.54, 1.807) is 0 Å². The van der Waals surface area contributed by atoms with Gasteiger partial charge >= 0.3 is 5.69 Å². The molecule has 5 N–H and O–H groups in total. The quantitative estimate of drug-likeness (QED) is 0.291. The van der Waals surface area contributed by atoms with E-state index in [0.717, 1.165) is 4.57 Å². The molecule has 26 heavy (non-hydrogen) atoms. The van der Waals surface area contributed by atoms with Crippen molar-refractivity contribution >= 4 is 0 Å². The number of aliphatic hydroxyl groups excluding tert-OH is 2. The van der Waals surface area contributed by atoms with Crippen LogP contribution in [0.1, 0.15) is 18.2 Å². The van der Waals surface area contributed by atoms with Gasteiger partial charge in [0, 0.05) is 19.2 Å². The summed E-state index contributed by atoms with van der Waals surface area (Å²) >= 11 is 0. The lowest BCUT2D eigenvalue weighted by Crippen LogP contribution is -2.33. The molecule has 0 aliphatic carbocycles. The number of nitrogens with one attached hydrogen (secondary N) is 1. The second-order valence-electron chi connectivity index (χ2n) is 5.58. The maximum atomic E-state index is 12.0. The Labute approximate surface area is 149 Å². The van der Waals surface area contributed by atoms with Crippen LogP contribution in [-0.2, 0) is 14.2 Å². The summed E-state index contributed by atoms with van der Waals surface area (Å²) in [7, 11) is 0. The van der Waals surface area contributed by atoms with E-state index in [9.17, 15) is 14.7 Å². The molecule has 0 amide bonds. The zero-order valence-corrected chi connectivity index (χ0v) is 14.2. The van der Waals surface area contributed by atoms with Crippen LogP contribution in [0.4, 0.5) is 0 Å². The zero-order valence-electron chi connectivity index (χ0n) is 14.2. The third-order valence-electron chi connectivity index (χ3n) is 3.69. The molecule has 1 saturated heterocycles. The maximum Gasteiger partial charge on any atom is 0.330 e. The lowest BCUT2D eigenvalue weighted by atomic mass is 10.2. The van der Waals surface area contributed by atoms with Gasteiger partial charge in [-0.05, 0) is 0 Å². The van der Waals surface area contributed by atoms with Crippen LogP contribution in [0.15, 0.2) is 15.8 Å². The molecular weight excluding hydrogens is 346 g/mol. The van der Waals surface area contributed by atoms with Crippen molar-refractivity contribution < 1.29 is 24.4 Å². The first kappa shape index (κ1) is 20.3. The molecule has 10 nitrogen and oxygen atoms in total. The van der Waals surface area contributed by atoms with E-state index in [1.165, 1.54) is 6.20 Å². The Hall–Kier alpha value is -2.00. The fraction of sp³-hybridized carbons (Fsp3) is 0.625. The maximum absolute atomic E-state index is 12.0. The number of rotatable bonds is 8. The summed E-state index contributed by atoms with van der Waals surface area (Å²) in [5.41, 5.74) is 4.05. The average Bonchev–Trinajstić information content (AvgIpc) is 2.99. The van der Waals surface area contributed by atoms with Gasteiger partial charge in [-0.15, -0.1) is 0 Å². The summed E-state index contributed by atoms with van der Waals surface area (Å²) in [6, 6.07) is 0. The number of aromatic amines is 1. The Morgan fingerprint density at radius 2 is 2.12 bits per heavy atom. The van der Waals surface area contributed by atoms with Gasteiger partial charge in [0.05, 0.1) is 32.5 Å². The Morgan fingerprint density at radius 1 is 1.35 bits per heavy atom. The van der Waals surface area contributed by atoms with Crippen LogP contribution in [0.5, 0.6) is 0 Å². The largest absolute Gasteiger partial charge is 0.394 e. The third-order valence-corrected chi connectivity index (χ3v) is 3.69. The highest BCUT2D eigenvalue weighted by atomic mass is 16.5. The summed E-state index contributed by atoms with van der Waals surface area (Å²) in [6.07, 6.45) is -1.06. The van der Waals surface area contributed by atoms with Gasteiger partial charge in [-0.2, -0.15) is 0 Å². The van der Waals surface area contributed by atoms with Gasteiger partial charge in [0.15, 0.2) is 0 Å². The van der Waals surface area contributed by atoms with E-state index in [0.29, 0.717) is 26.4 Å². The van der Waals surface area contributed by atoms with Crippen LogP contribution in [0.3, 0.4) is 0 Å². The number of hydrogen-bond acceptors (Lipinski definition) is 8. The van der Waals surface area contributed by atoms with E-state index in [4.69, 9.17) is 25.1 Å². The minimum absolute atomic E-state index is 0.0677. The van der Waals surface area contributed by atoms with Crippen molar-refractivity contribution in [2.45, 2.75) is 24.9 Å². The molecule has 0 radical (unpaired) electrons. The monoisotopic (exact) mass is 369 g/mol. The molecule has 1 aliphatic heterocycles. The van der Waals surface area contributed by atoms with Gasteiger partial charge in [0.25, 0.3) is 5.56 Å². The minimum Gasteiger partial charge on any atom is -0.394 e. The average molecular weight is 369 g/mol. The molecule has 3 atom stereocenters.